The van der Waals surface area contributed by atoms with E-state index in [4.69, 9.17) is 0 Å². The van der Waals surface area contributed by atoms with Gasteiger partial charge in [-0.15, -0.1) is 11.3 Å². The molecule has 138 valence electrons. The van der Waals surface area contributed by atoms with Crippen LogP contribution in [0.25, 0.3) is 10.1 Å². The smallest absolute Gasteiger partial charge is 0.382 e. The van der Waals surface area contributed by atoms with Crippen LogP contribution >= 0.6 is 11.3 Å². The number of aryl methyl sites for hydroxylation is 1. The van der Waals surface area contributed by atoms with E-state index in [0.717, 1.165) is 9.01 Å². The van der Waals surface area contributed by atoms with Crippen LogP contribution in [0.2, 0.25) is 0 Å². The molecule has 0 amide bonds. The summed E-state index contributed by atoms with van der Waals surface area (Å²) in [6.45, 7) is 1.63. The summed E-state index contributed by atoms with van der Waals surface area (Å²) in [4.78, 5) is 0.585. The Morgan fingerprint density at radius 2 is 1.96 bits per heavy atom. The molecule has 4 nitrogen and oxygen atoms in total. The maximum atomic E-state index is 13.2. The number of piperidine rings is 1. The lowest BCUT2D eigenvalue weighted by Gasteiger charge is -2.37. The van der Waals surface area contributed by atoms with Gasteiger partial charge in [0.25, 0.3) is 0 Å². The van der Waals surface area contributed by atoms with Crippen LogP contribution < -0.4 is 0 Å². The molecule has 2 heterocycles. The van der Waals surface area contributed by atoms with E-state index >= 15 is 0 Å². The van der Waals surface area contributed by atoms with Gasteiger partial charge in [0.1, 0.15) is 4.90 Å². The molecule has 0 spiro atoms. The summed E-state index contributed by atoms with van der Waals surface area (Å²) in [5, 5.41) is 10.2. The fourth-order valence-corrected chi connectivity index (χ4v) is 6.81. The number of aliphatic hydroxyl groups is 1. The van der Waals surface area contributed by atoms with Crippen LogP contribution in [0, 0.1) is 6.92 Å². The van der Waals surface area contributed by atoms with Gasteiger partial charge in [0.15, 0.2) is 6.10 Å². The minimum atomic E-state index is -4.86. The Hall–Kier alpha value is -1.16. The van der Waals surface area contributed by atoms with Crippen LogP contribution in [0.15, 0.2) is 29.2 Å². The Bertz CT molecular complexity index is 876. The number of sulfonamides is 1. The van der Waals surface area contributed by atoms with E-state index in [1.807, 2.05) is 0 Å². The molecule has 1 fully saturated rings. The van der Waals surface area contributed by atoms with Crippen molar-refractivity contribution in [3.63, 3.8) is 0 Å². The minimum absolute atomic E-state index is 0.0129. The van der Waals surface area contributed by atoms with Gasteiger partial charge in [-0.05, 0) is 25.8 Å². The first-order valence-corrected chi connectivity index (χ1v) is 10.1. The SMILES string of the molecule is Cc1sc2ccccc2c1S(=O)(=O)N1CCCCC1C(O)C(F)(F)F. The first kappa shape index (κ1) is 18.6. The molecule has 2 unspecified atom stereocenters. The number of benzene rings is 1. The third-order valence-corrected chi connectivity index (χ3v) is 7.81. The molecule has 0 bridgehead atoms. The Morgan fingerprint density at radius 1 is 1.28 bits per heavy atom. The van der Waals surface area contributed by atoms with Crippen molar-refractivity contribution in [1.82, 2.24) is 4.31 Å². The van der Waals surface area contributed by atoms with Crippen molar-refractivity contribution in [2.45, 2.75) is 49.4 Å². The summed E-state index contributed by atoms with van der Waals surface area (Å²) in [6.07, 6.45) is -6.63. The number of rotatable bonds is 3. The van der Waals surface area contributed by atoms with Crippen molar-refractivity contribution < 1.29 is 26.7 Å². The Labute approximate surface area is 147 Å². The monoisotopic (exact) mass is 393 g/mol. The van der Waals surface area contributed by atoms with Crippen molar-refractivity contribution in [2.75, 3.05) is 6.54 Å². The molecule has 2 aromatic rings. The van der Waals surface area contributed by atoms with E-state index in [0.29, 0.717) is 23.1 Å². The molecule has 2 atom stereocenters. The molecule has 1 aromatic carbocycles. The van der Waals surface area contributed by atoms with Gasteiger partial charge in [-0.25, -0.2) is 8.42 Å². The van der Waals surface area contributed by atoms with Crippen LogP contribution in [0.3, 0.4) is 0 Å². The summed E-state index contributed by atoms with van der Waals surface area (Å²) in [6, 6.07) is 5.43. The molecule has 1 aliphatic rings. The maximum Gasteiger partial charge on any atom is 0.415 e. The number of aliphatic hydroxyl groups excluding tert-OH is 1. The maximum absolute atomic E-state index is 13.2. The number of hydrogen-bond donors (Lipinski definition) is 1. The molecule has 1 aromatic heterocycles. The topological polar surface area (TPSA) is 57.6 Å². The number of hydrogen-bond acceptors (Lipinski definition) is 4. The van der Waals surface area contributed by atoms with Crippen molar-refractivity contribution in [2.24, 2.45) is 0 Å². The molecule has 0 saturated carbocycles. The van der Waals surface area contributed by atoms with Crippen LogP contribution in [0.4, 0.5) is 13.2 Å². The van der Waals surface area contributed by atoms with Gasteiger partial charge in [-0.1, -0.05) is 24.6 Å². The molecule has 3 rings (SSSR count). The Morgan fingerprint density at radius 3 is 2.64 bits per heavy atom. The molecule has 1 aliphatic heterocycles. The molecular formula is C16H18F3NO3S2. The second-order valence-electron chi connectivity index (χ2n) is 6.15. The predicted octanol–water partition coefficient (Wildman–Crippen LogP) is 3.68. The summed E-state index contributed by atoms with van der Waals surface area (Å²) in [5.74, 6) is 0. The lowest BCUT2D eigenvalue weighted by Crippen LogP contribution is -2.54. The first-order valence-electron chi connectivity index (χ1n) is 7.89. The van der Waals surface area contributed by atoms with Gasteiger partial charge in [0.05, 0.1) is 6.04 Å². The highest BCUT2D eigenvalue weighted by Crippen LogP contribution is 2.39. The standard InChI is InChI=1S/C16H18F3NO3S2/c1-10-14(11-6-2-3-8-13(11)24-10)25(22,23)20-9-5-4-7-12(20)15(21)16(17,18)19/h2-3,6,8,12,15,21H,4-5,7,9H2,1H3. The average Bonchev–Trinajstić information content (AvgIpc) is 2.89. The number of halogens is 3. The highest BCUT2D eigenvalue weighted by atomic mass is 32.2. The molecule has 9 heteroatoms. The molecule has 25 heavy (non-hydrogen) atoms. The van der Waals surface area contributed by atoms with E-state index < -0.39 is 28.3 Å². The summed E-state index contributed by atoms with van der Waals surface area (Å²) in [7, 11) is -4.15. The van der Waals surface area contributed by atoms with E-state index in [1.165, 1.54) is 11.3 Å². The molecule has 1 saturated heterocycles. The van der Waals surface area contributed by atoms with Gasteiger partial charge in [0, 0.05) is 21.5 Å². The van der Waals surface area contributed by atoms with Gasteiger partial charge in [-0.2, -0.15) is 17.5 Å². The minimum Gasteiger partial charge on any atom is -0.382 e. The fraction of sp³-hybridized carbons (Fsp3) is 0.500. The van der Waals surface area contributed by atoms with Gasteiger partial charge in [0.2, 0.25) is 10.0 Å². The molecule has 0 radical (unpaired) electrons. The van der Waals surface area contributed by atoms with Crippen LogP contribution in [0.1, 0.15) is 24.1 Å². The van der Waals surface area contributed by atoms with Crippen LogP contribution in [-0.4, -0.2) is 42.7 Å². The largest absolute Gasteiger partial charge is 0.415 e. The van der Waals surface area contributed by atoms with Gasteiger partial charge < -0.3 is 5.11 Å². The zero-order valence-electron chi connectivity index (χ0n) is 13.5. The molecular weight excluding hydrogens is 375 g/mol. The zero-order chi connectivity index (χ0) is 18.4. The van der Waals surface area contributed by atoms with E-state index in [2.05, 4.69) is 0 Å². The van der Waals surface area contributed by atoms with E-state index in [-0.39, 0.29) is 17.9 Å². The number of fused-ring (bicyclic) bond motifs is 1. The first-order chi connectivity index (χ1) is 11.6. The normalized spacial score (nSPS) is 21.6. The van der Waals surface area contributed by atoms with Crippen molar-refractivity contribution in [3.05, 3.63) is 29.1 Å². The van der Waals surface area contributed by atoms with E-state index in [9.17, 15) is 26.7 Å². The second-order valence-corrected chi connectivity index (χ2v) is 9.23. The van der Waals surface area contributed by atoms with Gasteiger partial charge in [-0.3, -0.25) is 0 Å². The summed E-state index contributed by atoms with van der Waals surface area (Å²) >= 11 is 1.29. The van der Waals surface area contributed by atoms with Crippen molar-refractivity contribution in [3.8, 4) is 0 Å². The highest BCUT2D eigenvalue weighted by Gasteiger charge is 2.49. The van der Waals surface area contributed by atoms with Crippen LogP contribution in [-0.2, 0) is 10.0 Å². The lowest BCUT2D eigenvalue weighted by atomic mass is 9.99. The zero-order valence-corrected chi connectivity index (χ0v) is 15.1. The summed E-state index contributed by atoms with van der Waals surface area (Å²) < 4.78 is 67.0. The van der Waals surface area contributed by atoms with Gasteiger partial charge >= 0.3 is 6.18 Å². The third-order valence-electron chi connectivity index (χ3n) is 4.48. The predicted molar refractivity (Wildman–Crippen MR) is 90.2 cm³/mol. The second kappa shape index (κ2) is 6.53. The number of alkyl halides is 3. The third kappa shape index (κ3) is 3.30. The Kier molecular flexibility index (Phi) is 4.87. The highest BCUT2D eigenvalue weighted by molar-refractivity contribution is 7.89. The Balaban J connectivity index is 2.09. The van der Waals surface area contributed by atoms with Crippen molar-refractivity contribution >= 4 is 31.4 Å². The van der Waals surface area contributed by atoms with Crippen molar-refractivity contribution in [1.29, 1.82) is 0 Å². The quantitative estimate of drug-likeness (QED) is 0.866. The number of nitrogens with zero attached hydrogens (tertiary/aromatic N) is 1. The molecule has 0 aliphatic carbocycles. The number of thiophene rings is 1. The van der Waals surface area contributed by atoms with E-state index in [1.54, 1.807) is 31.2 Å². The molecule has 1 N–H and O–H groups in total. The van der Waals surface area contributed by atoms with Crippen LogP contribution in [0.5, 0.6) is 0 Å². The summed E-state index contributed by atoms with van der Waals surface area (Å²) in [5.41, 5.74) is 0. The average molecular weight is 393 g/mol. The fourth-order valence-electron chi connectivity index (χ4n) is 3.34. The lowest BCUT2D eigenvalue weighted by molar-refractivity contribution is -0.219.